The molecule has 1 aromatic heterocycles. The fourth-order valence-corrected chi connectivity index (χ4v) is 4.07. The number of halogens is 1. The second kappa shape index (κ2) is 7.94. The molecule has 2 N–H and O–H groups in total. The molecule has 1 saturated heterocycles. The first-order valence-corrected chi connectivity index (χ1v) is 10.0. The highest BCUT2D eigenvalue weighted by atomic mass is 19.1. The molecule has 29 heavy (non-hydrogen) atoms. The predicted octanol–water partition coefficient (Wildman–Crippen LogP) is 2.91. The third kappa shape index (κ3) is 3.89. The number of piperidine rings is 1. The molecule has 2 fully saturated rings. The maximum absolute atomic E-state index is 13.9. The van der Waals surface area contributed by atoms with Crippen LogP contribution in [0.2, 0.25) is 0 Å². The van der Waals surface area contributed by atoms with Gasteiger partial charge in [0.1, 0.15) is 17.9 Å². The molecular weight excluding hydrogens is 373 g/mol. The van der Waals surface area contributed by atoms with Crippen molar-refractivity contribution in [3.8, 4) is 11.5 Å². The van der Waals surface area contributed by atoms with E-state index in [-0.39, 0.29) is 23.3 Å². The molecule has 2 heterocycles. The molecule has 3 atom stereocenters. The molecule has 0 radical (unpaired) electrons. The van der Waals surface area contributed by atoms with E-state index in [9.17, 15) is 9.18 Å². The second-order valence-electron chi connectivity index (χ2n) is 7.82. The van der Waals surface area contributed by atoms with Crippen molar-refractivity contribution < 1.29 is 13.9 Å². The van der Waals surface area contributed by atoms with Crippen LogP contribution in [0.5, 0.6) is 11.5 Å². The van der Waals surface area contributed by atoms with E-state index < -0.39 is 5.82 Å². The van der Waals surface area contributed by atoms with E-state index in [1.54, 1.807) is 11.1 Å². The molecule has 1 aromatic carbocycles. The molecule has 1 saturated carbocycles. The van der Waals surface area contributed by atoms with Crippen LogP contribution in [0.25, 0.3) is 0 Å². The van der Waals surface area contributed by atoms with E-state index in [1.807, 2.05) is 20.8 Å². The summed E-state index contributed by atoms with van der Waals surface area (Å²) in [5, 5.41) is 6.79. The Morgan fingerprint density at radius 3 is 2.79 bits per heavy atom. The normalized spacial score (nSPS) is 22.3. The van der Waals surface area contributed by atoms with Crippen LogP contribution in [0.15, 0.2) is 30.7 Å². The highest BCUT2D eigenvalue weighted by molar-refractivity contribution is 5.97. The number of hydrogen-bond acceptors (Lipinski definition) is 6. The number of nitrogens with zero attached hydrogens (tertiary/aromatic N) is 3. The van der Waals surface area contributed by atoms with Gasteiger partial charge in [0, 0.05) is 31.7 Å². The SMILES string of the molecule is CCN(C(=O)c1cc(F)ccc1Oc1cncnc1NC1[C@H]2CNC[C@@H]12)C(C)C. The Hall–Kier alpha value is -2.74. The number of ether oxygens (including phenoxy) is 1. The Labute approximate surface area is 169 Å². The van der Waals surface area contributed by atoms with Gasteiger partial charge in [-0.2, -0.15) is 0 Å². The molecule has 0 spiro atoms. The quantitative estimate of drug-likeness (QED) is 0.745. The number of carbonyl (C=O) groups excluding carboxylic acids is 1. The third-order valence-electron chi connectivity index (χ3n) is 5.69. The van der Waals surface area contributed by atoms with Gasteiger partial charge < -0.3 is 20.3 Å². The van der Waals surface area contributed by atoms with Crippen molar-refractivity contribution >= 4 is 11.7 Å². The monoisotopic (exact) mass is 399 g/mol. The number of carbonyl (C=O) groups is 1. The van der Waals surface area contributed by atoms with Crippen molar-refractivity contribution in [2.75, 3.05) is 25.0 Å². The first-order valence-electron chi connectivity index (χ1n) is 10.0. The lowest BCUT2D eigenvalue weighted by Crippen LogP contribution is -2.36. The minimum atomic E-state index is -0.485. The molecule has 1 amide bonds. The van der Waals surface area contributed by atoms with Gasteiger partial charge in [0.05, 0.1) is 11.8 Å². The lowest BCUT2D eigenvalue weighted by atomic mass is 10.1. The first kappa shape index (κ1) is 19.6. The number of amides is 1. The molecule has 7 nitrogen and oxygen atoms in total. The van der Waals surface area contributed by atoms with Gasteiger partial charge in [0.2, 0.25) is 0 Å². The van der Waals surface area contributed by atoms with Crippen LogP contribution in [0.1, 0.15) is 31.1 Å². The van der Waals surface area contributed by atoms with Crippen molar-refractivity contribution in [1.29, 1.82) is 0 Å². The number of nitrogens with one attached hydrogen (secondary N) is 2. The zero-order valence-corrected chi connectivity index (χ0v) is 16.9. The molecule has 2 aliphatic rings. The topological polar surface area (TPSA) is 79.4 Å². The summed E-state index contributed by atoms with van der Waals surface area (Å²) in [5.41, 5.74) is 0.183. The number of benzene rings is 1. The zero-order chi connectivity index (χ0) is 20.5. The second-order valence-corrected chi connectivity index (χ2v) is 7.82. The summed E-state index contributed by atoms with van der Waals surface area (Å²) in [4.78, 5) is 23.1. The van der Waals surface area contributed by atoms with Crippen molar-refractivity contribution in [2.24, 2.45) is 11.8 Å². The Balaban J connectivity index is 1.59. The van der Waals surface area contributed by atoms with Crippen molar-refractivity contribution in [3.63, 3.8) is 0 Å². The van der Waals surface area contributed by atoms with Crippen LogP contribution in [0, 0.1) is 17.7 Å². The van der Waals surface area contributed by atoms with Gasteiger partial charge in [0.15, 0.2) is 11.6 Å². The van der Waals surface area contributed by atoms with Crippen LogP contribution in [0.3, 0.4) is 0 Å². The number of anilines is 1. The summed E-state index contributed by atoms with van der Waals surface area (Å²) in [6, 6.07) is 4.33. The summed E-state index contributed by atoms with van der Waals surface area (Å²) < 4.78 is 20.0. The largest absolute Gasteiger partial charge is 0.451 e. The van der Waals surface area contributed by atoms with Crippen LogP contribution >= 0.6 is 0 Å². The zero-order valence-electron chi connectivity index (χ0n) is 16.9. The van der Waals surface area contributed by atoms with Gasteiger partial charge in [0.25, 0.3) is 5.91 Å². The number of fused-ring (bicyclic) bond motifs is 1. The lowest BCUT2D eigenvalue weighted by molar-refractivity contribution is 0.0713. The number of rotatable bonds is 7. The fourth-order valence-electron chi connectivity index (χ4n) is 4.07. The standard InChI is InChI=1S/C21H26FN5O2/c1-4-27(12(2)3)21(28)14-7-13(22)5-6-17(14)29-18-10-24-11-25-20(18)26-19-15-8-23-9-16(15)19/h5-7,10-12,15-16,19,23H,4,8-9H2,1-3H3,(H,24,25,26)/t15-,16+,19?. The number of aromatic nitrogens is 2. The van der Waals surface area contributed by atoms with Gasteiger partial charge in [-0.25, -0.2) is 14.4 Å². The molecule has 154 valence electrons. The van der Waals surface area contributed by atoms with E-state index in [4.69, 9.17) is 4.74 Å². The van der Waals surface area contributed by atoms with Crippen molar-refractivity contribution in [1.82, 2.24) is 20.2 Å². The maximum atomic E-state index is 13.9. The molecule has 2 aromatic rings. The summed E-state index contributed by atoms with van der Waals surface area (Å²) in [6.45, 7) is 8.27. The molecule has 0 bridgehead atoms. The van der Waals surface area contributed by atoms with Crippen LogP contribution in [0.4, 0.5) is 10.2 Å². The number of hydrogen-bond donors (Lipinski definition) is 2. The Bertz CT molecular complexity index is 896. The smallest absolute Gasteiger partial charge is 0.257 e. The minimum Gasteiger partial charge on any atom is -0.451 e. The Kier molecular flexibility index (Phi) is 5.36. The van der Waals surface area contributed by atoms with Crippen molar-refractivity contribution in [3.05, 3.63) is 42.1 Å². The van der Waals surface area contributed by atoms with E-state index >= 15 is 0 Å². The average Bonchev–Trinajstić information content (AvgIpc) is 3.11. The van der Waals surface area contributed by atoms with Crippen LogP contribution in [-0.2, 0) is 0 Å². The first-order chi connectivity index (χ1) is 14.0. The fraction of sp³-hybridized carbons (Fsp3) is 0.476. The summed E-state index contributed by atoms with van der Waals surface area (Å²) >= 11 is 0. The molecule has 1 aliphatic heterocycles. The molecular formula is C21H26FN5O2. The van der Waals surface area contributed by atoms with E-state index in [0.29, 0.717) is 36.0 Å². The van der Waals surface area contributed by atoms with E-state index in [0.717, 1.165) is 13.1 Å². The van der Waals surface area contributed by atoms with Gasteiger partial charge in [-0.05, 0) is 50.8 Å². The Morgan fingerprint density at radius 2 is 2.10 bits per heavy atom. The Morgan fingerprint density at radius 1 is 1.34 bits per heavy atom. The van der Waals surface area contributed by atoms with Crippen molar-refractivity contribution in [2.45, 2.75) is 32.9 Å². The van der Waals surface area contributed by atoms with E-state index in [1.165, 1.54) is 24.5 Å². The molecule has 1 aliphatic carbocycles. The van der Waals surface area contributed by atoms with Gasteiger partial charge in [-0.1, -0.05) is 0 Å². The summed E-state index contributed by atoms with van der Waals surface area (Å²) in [6.07, 6.45) is 3.02. The van der Waals surface area contributed by atoms with E-state index in [2.05, 4.69) is 20.6 Å². The van der Waals surface area contributed by atoms with Gasteiger partial charge >= 0.3 is 0 Å². The third-order valence-corrected chi connectivity index (χ3v) is 5.69. The summed E-state index contributed by atoms with van der Waals surface area (Å²) in [7, 11) is 0. The highest BCUT2D eigenvalue weighted by Crippen LogP contribution is 2.44. The van der Waals surface area contributed by atoms with Crippen LogP contribution in [-0.4, -0.2) is 52.5 Å². The highest BCUT2D eigenvalue weighted by Gasteiger charge is 2.53. The molecule has 4 rings (SSSR count). The summed E-state index contributed by atoms with van der Waals surface area (Å²) in [5.74, 6) is 1.73. The lowest BCUT2D eigenvalue weighted by Gasteiger charge is -2.26. The minimum absolute atomic E-state index is 0.0104. The molecule has 8 heteroatoms. The maximum Gasteiger partial charge on any atom is 0.257 e. The van der Waals surface area contributed by atoms with Gasteiger partial charge in [-0.15, -0.1) is 0 Å². The molecule has 1 unspecified atom stereocenters. The predicted molar refractivity (Wildman–Crippen MR) is 108 cm³/mol. The van der Waals surface area contributed by atoms with Crippen LogP contribution < -0.4 is 15.4 Å². The average molecular weight is 399 g/mol. The van der Waals surface area contributed by atoms with Gasteiger partial charge in [-0.3, -0.25) is 4.79 Å².